The largest absolute Gasteiger partial charge is 0.488 e. The Kier molecular flexibility index (Phi) is 12.3. The van der Waals surface area contributed by atoms with Gasteiger partial charge in [-0.05, 0) is 92.1 Å². The average Bonchev–Trinajstić information content (AvgIpc) is 3.49. The second kappa shape index (κ2) is 17.0. The molecule has 2 aliphatic heterocycles. The summed E-state index contributed by atoms with van der Waals surface area (Å²) in [7, 11) is 0. The molecule has 3 aromatic carbocycles. The molecule has 52 heavy (non-hydrogen) atoms. The van der Waals surface area contributed by atoms with Crippen molar-refractivity contribution in [2.24, 2.45) is 0 Å². The van der Waals surface area contributed by atoms with E-state index in [0.29, 0.717) is 47.8 Å². The number of nitriles is 1. The summed E-state index contributed by atoms with van der Waals surface area (Å²) in [5.41, 5.74) is 9.00. The normalized spacial score (nSPS) is 17.8. The summed E-state index contributed by atoms with van der Waals surface area (Å²) in [5, 5.41) is 9.87. The van der Waals surface area contributed by atoms with Crippen molar-refractivity contribution in [2.75, 3.05) is 26.2 Å². The predicted molar refractivity (Wildman–Crippen MR) is 204 cm³/mol. The Hall–Kier alpha value is -4.29. The van der Waals surface area contributed by atoms with Gasteiger partial charge in [-0.1, -0.05) is 66.6 Å². The van der Waals surface area contributed by atoms with Gasteiger partial charge in [-0.3, -0.25) is 14.8 Å². The molecule has 1 atom stereocenters. The lowest BCUT2D eigenvalue weighted by molar-refractivity contribution is 0.0124. The van der Waals surface area contributed by atoms with Crippen molar-refractivity contribution in [3.05, 3.63) is 117 Å². The first-order chi connectivity index (χ1) is 25.1. The van der Waals surface area contributed by atoms with Crippen LogP contribution in [-0.4, -0.2) is 52.9 Å². The molecule has 0 N–H and O–H groups in total. The van der Waals surface area contributed by atoms with Crippen molar-refractivity contribution in [2.45, 2.75) is 84.6 Å². The summed E-state index contributed by atoms with van der Waals surface area (Å²) < 4.78 is 39.9. The van der Waals surface area contributed by atoms with Crippen molar-refractivity contribution in [1.29, 1.82) is 5.26 Å². The number of benzene rings is 3. The third-order valence-electron chi connectivity index (χ3n) is 10.4. The minimum absolute atomic E-state index is 0.0488. The average molecular weight is 725 g/mol. The van der Waals surface area contributed by atoms with Crippen molar-refractivity contribution >= 4 is 17.7 Å². The third-order valence-corrected chi connectivity index (χ3v) is 10.7. The molecule has 0 aliphatic carbocycles. The Morgan fingerprint density at radius 1 is 0.962 bits per heavy atom. The van der Waals surface area contributed by atoms with Crippen LogP contribution >= 0.6 is 11.6 Å². The fourth-order valence-electron chi connectivity index (χ4n) is 7.22. The monoisotopic (exact) mass is 724 g/mol. The van der Waals surface area contributed by atoms with E-state index in [2.05, 4.69) is 85.3 Å². The number of rotatable bonds is 13. The molecule has 2 saturated heterocycles. The first-order valence-electron chi connectivity index (χ1n) is 18.2. The number of aromatic nitrogens is 1. The Bertz CT molecular complexity index is 1940. The molecular formula is C43H47ClF2N4O2. The van der Waals surface area contributed by atoms with Gasteiger partial charge in [0, 0.05) is 61.7 Å². The molecule has 4 aromatic rings. The number of alkyl halides is 2. The lowest BCUT2D eigenvalue weighted by atomic mass is 9.91. The van der Waals surface area contributed by atoms with Crippen LogP contribution in [0.5, 0.6) is 11.5 Å². The Morgan fingerprint density at radius 3 is 2.52 bits per heavy atom. The van der Waals surface area contributed by atoms with Gasteiger partial charge in [0.2, 0.25) is 0 Å². The van der Waals surface area contributed by atoms with Crippen LogP contribution < -0.4 is 9.47 Å². The summed E-state index contributed by atoms with van der Waals surface area (Å²) in [6.45, 7) is 9.79. The number of halogens is 3. The molecule has 2 aliphatic rings. The molecule has 6 nitrogen and oxygen atoms in total. The van der Waals surface area contributed by atoms with Crippen molar-refractivity contribution in [1.82, 2.24) is 14.8 Å². The topological polar surface area (TPSA) is 61.6 Å². The summed E-state index contributed by atoms with van der Waals surface area (Å²) in [4.78, 5) is 8.50. The Labute approximate surface area is 311 Å². The predicted octanol–water partition coefficient (Wildman–Crippen LogP) is 10.2. The Morgan fingerprint density at radius 2 is 1.75 bits per heavy atom. The molecule has 9 heteroatoms. The van der Waals surface area contributed by atoms with Crippen LogP contribution in [0.2, 0.25) is 5.02 Å². The van der Waals surface area contributed by atoms with Gasteiger partial charge >= 0.3 is 0 Å². The molecule has 0 spiro atoms. The zero-order valence-corrected chi connectivity index (χ0v) is 31.1. The van der Waals surface area contributed by atoms with E-state index < -0.39 is 5.92 Å². The zero-order chi connectivity index (χ0) is 36.7. The van der Waals surface area contributed by atoms with Crippen LogP contribution in [-0.2, 0) is 19.8 Å². The minimum Gasteiger partial charge on any atom is -0.488 e. The van der Waals surface area contributed by atoms with E-state index in [9.17, 15) is 14.0 Å². The summed E-state index contributed by atoms with van der Waals surface area (Å²) in [5.74, 6) is -1.32. The van der Waals surface area contributed by atoms with Gasteiger partial charge in [-0.2, -0.15) is 5.26 Å². The fourth-order valence-corrected chi connectivity index (χ4v) is 7.46. The highest BCUT2D eigenvalue weighted by molar-refractivity contribution is 6.32. The summed E-state index contributed by atoms with van der Waals surface area (Å²) in [6, 6.07) is 20.8. The van der Waals surface area contributed by atoms with Crippen LogP contribution in [0.3, 0.4) is 0 Å². The molecule has 0 radical (unpaired) electrons. The number of nitrogens with zero attached hydrogens (tertiary/aromatic N) is 4. The molecule has 1 aromatic heterocycles. The van der Waals surface area contributed by atoms with Gasteiger partial charge in [0.25, 0.3) is 5.92 Å². The standard InChI is InChI=1S/C43H47ClF2N4O2/c1-30-10-4-7-18-50(30)26-37-21-40(44)42(22-41(37)51-27-34-20-33(23-47)24-48-25-34)52-28-36-13-9-15-39(32(36)3)38-14-8-12-35(31(38)2)11-5-6-17-49-19-16-43(45,46)29-49/h5,8-9,11-15,20-22,24-25,30H,4,6-7,10,16-19,26-29H2,1-3H3/b11-5+/t30-/m1/s1. The first-order valence-corrected chi connectivity index (χ1v) is 18.6. The van der Waals surface area contributed by atoms with Crippen LogP contribution in [0.1, 0.15) is 78.0 Å². The molecule has 272 valence electrons. The second-order valence-electron chi connectivity index (χ2n) is 14.2. The minimum atomic E-state index is -2.56. The third kappa shape index (κ3) is 9.38. The zero-order valence-electron chi connectivity index (χ0n) is 30.3. The SMILES string of the molecule is Cc1c(/C=C/CCN2CCC(F)(F)C2)cccc1-c1cccc(COc2cc(OCc3cncc(C#N)c3)c(CN3CCCC[C@H]3C)cc2Cl)c1C. The van der Waals surface area contributed by atoms with E-state index in [1.807, 2.05) is 17.0 Å². The van der Waals surface area contributed by atoms with Crippen molar-refractivity contribution in [3.8, 4) is 28.7 Å². The van der Waals surface area contributed by atoms with Crippen molar-refractivity contribution < 1.29 is 18.3 Å². The number of pyridine rings is 1. The van der Waals surface area contributed by atoms with E-state index in [1.54, 1.807) is 18.5 Å². The van der Waals surface area contributed by atoms with Gasteiger partial charge in [0.05, 0.1) is 17.1 Å². The maximum absolute atomic E-state index is 13.6. The molecule has 0 saturated carbocycles. The molecule has 2 fully saturated rings. The van der Waals surface area contributed by atoms with Crippen LogP contribution in [0, 0.1) is 25.2 Å². The van der Waals surface area contributed by atoms with Crippen LogP contribution in [0.25, 0.3) is 17.2 Å². The Balaban J connectivity index is 1.18. The number of piperidine rings is 1. The number of hydrogen-bond acceptors (Lipinski definition) is 6. The van der Waals surface area contributed by atoms with Gasteiger partial charge in [-0.25, -0.2) is 8.78 Å². The van der Waals surface area contributed by atoms with E-state index >= 15 is 0 Å². The molecule has 0 unspecified atom stereocenters. The highest BCUT2D eigenvalue weighted by Crippen LogP contribution is 2.37. The molecule has 0 amide bonds. The van der Waals surface area contributed by atoms with Gasteiger partial charge in [0.15, 0.2) is 0 Å². The number of hydrogen-bond donors (Lipinski definition) is 0. The molecule has 3 heterocycles. The van der Waals surface area contributed by atoms with Crippen LogP contribution in [0.4, 0.5) is 8.78 Å². The maximum atomic E-state index is 13.6. The first kappa shape index (κ1) is 37.5. The lowest BCUT2D eigenvalue weighted by Gasteiger charge is -2.33. The lowest BCUT2D eigenvalue weighted by Crippen LogP contribution is -2.36. The summed E-state index contributed by atoms with van der Waals surface area (Å²) >= 11 is 6.90. The summed E-state index contributed by atoms with van der Waals surface area (Å²) in [6.07, 6.45) is 11.7. The molecule has 6 rings (SSSR count). The van der Waals surface area contributed by atoms with E-state index in [-0.39, 0.29) is 19.6 Å². The van der Waals surface area contributed by atoms with Gasteiger partial charge in [0.1, 0.15) is 30.8 Å². The molecule has 0 bridgehead atoms. The van der Waals surface area contributed by atoms with Crippen LogP contribution in [0.15, 0.2) is 73.1 Å². The number of likely N-dealkylation sites (tertiary alicyclic amines) is 2. The molecular weight excluding hydrogens is 678 g/mol. The van der Waals surface area contributed by atoms with E-state index in [0.717, 1.165) is 64.0 Å². The van der Waals surface area contributed by atoms with E-state index in [1.165, 1.54) is 19.3 Å². The van der Waals surface area contributed by atoms with Gasteiger partial charge < -0.3 is 9.47 Å². The van der Waals surface area contributed by atoms with Gasteiger partial charge in [-0.15, -0.1) is 0 Å². The highest BCUT2D eigenvalue weighted by atomic mass is 35.5. The fraction of sp³-hybridized carbons (Fsp3) is 0.395. The van der Waals surface area contributed by atoms with Crippen molar-refractivity contribution in [3.63, 3.8) is 0 Å². The van der Waals surface area contributed by atoms with E-state index in [4.69, 9.17) is 21.1 Å². The maximum Gasteiger partial charge on any atom is 0.261 e. The second-order valence-corrected chi connectivity index (χ2v) is 14.6. The number of ether oxygens (including phenoxy) is 2. The quantitative estimate of drug-likeness (QED) is 0.137. The highest BCUT2D eigenvalue weighted by Gasteiger charge is 2.37. The smallest absolute Gasteiger partial charge is 0.261 e.